The second kappa shape index (κ2) is 5.93. The Bertz CT molecular complexity index is 399. The number of benzene rings is 1. The SMILES string of the molecule is NCC(c1ccc([N+](=O)[O-])cc1)N1CCCCC1. The number of nitro groups is 1. The minimum absolute atomic E-state index is 0.133. The van der Waals surface area contributed by atoms with Crippen molar-refractivity contribution in [3.8, 4) is 0 Å². The molecule has 0 aliphatic carbocycles. The summed E-state index contributed by atoms with van der Waals surface area (Å²) >= 11 is 0. The quantitative estimate of drug-likeness (QED) is 0.655. The van der Waals surface area contributed by atoms with Crippen LogP contribution in [0.3, 0.4) is 0 Å². The van der Waals surface area contributed by atoms with Crippen molar-refractivity contribution in [2.75, 3.05) is 19.6 Å². The lowest BCUT2D eigenvalue weighted by atomic mass is 10.0. The highest BCUT2D eigenvalue weighted by atomic mass is 16.6. The lowest BCUT2D eigenvalue weighted by Gasteiger charge is -2.34. The first-order valence-electron chi connectivity index (χ1n) is 6.41. The van der Waals surface area contributed by atoms with E-state index in [9.17, 15) is 10.1 Å². The van der Waals surface area contributed by atoms with Crippen molar-refractivity contribution in [3.63, 3.8) is 0 Å². The summed E-state index contributed by atoms with van der Waals surface area (Å²) in [5.41, 5.74) is 7.06. The number of hydrogen-bond donors (Lipinski definition) is 1. The summed E-state index contributed by atoms with van der Waals surface area (Å²) in [6.45, 7) is 2.69. The number of hydrogen-bond acceptors (Lipinski definition) is 4. The summed E-state index contributed by atoms with van der Waals surface area (Å²) in [4.78, 5) is 12.6. The Morgan fingerprint density at radius 2 is 1.83 bits per heavy atom. The van der Waals surface area contributed by atoms with Gasteiger partial charge in [0.15, 0.2) is 0 Å². The van der Waals surface area contributed by atoms with Gasteiger partial charge in [0.2, 0.25) is 0 Å². The maximum absolute atomic E-state index is 10.6. The van der Waals surface area contributed by atoms with Crippen LogP contribution in [-0.2, 0) is 0 Å². The van der Waals surface area contributed by atoms with Gasteiger partial charge in [-0.2, -0.15) is 0 Å². The molecule has 1 saturated heterocycles. The molecule has 0 aromatic heterocycles. The lowest BCUT2D eigenvalue weighted by molar-refractivity contribution is -0.384. The number of non-ortho nitro benzene ring substituents is 1. The van der Waals surface area contributed by atoms with Gasteiger partial charge in [0.1, 0.15) is 0 Å². The smallest absolute Gasteiger partial charge is 0.269 e. The Morgan fingerprint density at radius 1 is 1.22 bits per heavy atom. The number of nitrogens with zero attached hydrogens (tertiary/aromatic N) is 2. The minimum atomic E-state index is -0.373. The largest absolute Gasteiger partial charge is 0.329 e. The van der Waals surface area contributed by atoms with Gasteiger partial charge in [-0.1, -0.05) is 18.6 Å². The van der Waals surface area contributed by atoms with Crippen LogP contribution < -0.4 is 5.73 Å². The van der Waals surface area contributed by atoms with E-state index in [-0.39, 0.29) is 16.7 Å². The highest BCUT2D eigenvalue weighted by molar-refractivity contribution is 5.34. The van der Waals surface area contributed by atoms with Gasteiger partial charge in [0.05, 0.1) is 4.92 Å². The molecule has 2 N–H and O–H groups in total. The second-order valence-corrected chi connectivity index (χ2v) is 4.70. The van der Waals surface area contributed by atoms with E-state index in [1.54, 1.807) is 12.1 Å². The predicted octanol–water partition coefficient (Wildman–Crippen LogP) is 2.08. The van der Waals surface area contributed by atoms with E-state index in [0.29, 0.717) is 6.54 Å². The van der Waals surface area contributed by atoms with Gasteiger partial charge >= 0.3 is 0 Å². The van der Waals surface area contributed by atoms with Crippen LogP contribution in [-0.4, -0.2) is 29.5 Å². The van der Waals surface area contributed by atoms with Crippen LogP contribution in [0, 0.1) is 10.1 Å². The molecule has 0 spiro atoms. The van der Waals surface area contributed by atoms with Gasteiger partial charge in [0.25, 0.3) is 5.69 Å². The molecule has 0 bridgehead atoms. The third-order valence-corrected chi connectivity index (χ3v) is 3.54. The molecule has 1 aromatic rings. The fraction of sp³-hybridized carbons (Fsp3) is 0.538. The molecule has 1 aliphatic rings. The van der Waals surface area contributed by atoms with Crippen molar-refractivity contribution in [1.29, 1.82) is 0 Å². The van der Waals surface area contributed by atoms with Gasteiger partial charge in [-0.3, -0.25) is 15.0 Å². The monoisotopic (exact) mass is 249 g/mol. The Balaban J connectivity index is 2.13. The third kappa shape index (κ3) is 2.86. The first kappa shape index (κ1) is 13.0. The topological polar surface area (TPSA) is 72.4 Å². The Hall–Kier alpha value is -1.46. The van der Waals surface area contributed by atoms with Crippen LogP contribution in [0.2, 0.25) is 0 Å². The summed E-state index contributed by atoms with van der Waals surface area (Å²) in [6.07, 6.45) is 3.71. The summed E-state index contributed by atoms with van der Waals surface area (Å²) in [6, 6.07) is 6.95. The summed E-state index contributed by atoms with van der Waals surface area (Å²) in [7, 11) is 0. The van der Waals surface area contributed by atoms with E-state index in [1.807, 2.05) is 12.1 Å². The minimum Gasteiger partial charge on any atom is -0.329 e. The maximum Gasteiger partial charge on any atom is 0.269 e. The van der Waals surface area contributed by atoms with Crippen LogP contribution >= 0.6 is 0 Å². The van der Waals surface area contributed by atoms with E-state index >= 15 is 0 Å². The number of nitro benzene ring substituents is 1. The van der Waals surface area contributed by atoms with Crippen molar-refractivity contribution in [2.45, 2.75) is 25.3 Å². The molecule has 0 saturated carbocycles. The van der Waals surface area contributed by atoms with Crippen molar-refractivity contribution in [2.24, 2.45) is 5.73 Å². The number of rotatable bonds is 4. The molecule has 1 atom stereocenters. The van der Waals surface area contributed by atoms with Gasteiger partial charge in [-0.15, -0.1) is 0 Å². The highest BCUT2D eigenvalue weighted by Crippen LogP contribution is 2.25. The molecule has 1 aromatic carbocycles. The normalized spacial score (nSPS) is 18.5. The zero-order valence-corrected chi connectivity index (χ0v) is 10.4. The Morgan fingerprint density at radius 3 is 2.33 bits per heavy atom. The molecular weight excluding hydrogens is 230 g/mol. The van der Waals surface area contributed by atoms with Crippen LogP contribution in [0.1, 0.15) is 30.9 Å². The molecule has 5 heteroatoms. The molecule has 1 unspecified atom stereocenters. The number of piperidine rings is 1. The fourth-order valence-corrected chi connectivity index (χ4v) is 2.54. The zero-order chi connectivity index (χ0) is 13.0. The fourth-order valence-electron chi connectivity index (χ4n) is 2.54. The molecule has 98 valence electrons. The van der Waals surface area contributed by atoms with Gasteiger partial charge in [-0.25, -0.2) is 0 Å². The average Bonchev–Trinajstić information content (AvgIpc) is 2.41. The molecule has 0 radical (unpaired) electrons. The molecule has 2 rings (SSSR count). The molecular formula is C13H19N3O2. The number of nitrogens with two attached hydrogens (primary N) is 1. The van der Waals surface area contributed by atoms with E-state index < -0.39 is 0 Å². The van der Waals surface area contributed by atoms with Crippen molar-refractivity contribution in [3.05, 3.63) is 39.9 Å². The maximum atomic E-state index is 10.6. The van der Waals surface area contributed by atoms with Gasteiger partial charge in [-0.05, 0) is 31.5 Å². The molecule has 1 heterocycles. The van der Waals surface area contributed by atoms with E-state index in [2.05, 4.69) is 4.90 Å². The molecule has 1 aliphatic heterocycles. The van der Waals surface area contributed by atoms with E-state index in [4.69, 9.17) is 5.73 Å². The second-order valence-electron chi connectivity index (χ2n) is 4.70. The van der Waals surface area contributed by atoms with Crippen LogP contribution in [0.4, 0.5) is 5.69 Å². The highest BCUT2D eigenvalue weighted by Gasteiger charge is 2.21. The van der Waals surface area contributed by atoms with Crippen LogP contribution in [0.5, 0.6) is 0 Å². The van der Waals surface area contributed by atoms with Crippen molar-refractivity contribution >= 4 is 5.69 Å². The molecule has 1 fully saturated rings. The Labute approximate surface area is 107 Å². The summed E-state index contributed by atoms with van der Waals surface area (Å²) < 4.78 is 0. The van der Waals surface area contributed by atoms with Crippen LogP contribution in [0.15, 0.2) is 24.3 Å². The standard InChI is InChI=1S/C13H19N3O2/c14-10-13(15-8-2-1-3-9-15)11-4-6-12(7-5-11)16(17)18/h4-7,13H,1-3,8-10,14H2. The predicted molar refractivity (Wildman–Crippen MR) is 70.3 cm³/mol. The van der Waals surface area contributed by atoms with Gasteiger partial charge in [0, 0.05) is 24.7 Å². The van der Waals surface area contributed by atoms with Crippen molar-refractivity contribution < 1.29 is 4.92 Å². The average molecular weight is 249 g/mol. The number of likely N-dealkylation sites (tertiary alicyclic amines) is 1. The Kier molecular flexibility index (Phi) is 4.28. The lowest BCUT2D eigenvalue weighted by Crippen LogP contribution is -2.37. The first-order valence-corrected chi connectivity index (χ1v) is 6.41. The van der Waals surface area contributed by atoms with Crippen molar-refractivity contribution in [1.82, 2.24) is 4.90 Å². The van der Waals surface area contributed by atoms with E-state index in [1.165, 1.54) is 19.3 Å². The van der Waals surface area contributed by atoms with Crippen LogP contribution in [0.25, 0.3) is 0 Å². The first-order chi connectivity index (χ1) is 8.72. The molecule has 5 nitrogen and oxygen atoms in total. The third-order valence-electron chi connectivity index (χ3n) is 3.54. The molecule has 0 amide bonds. The van der Waals surface area contributed by atoms with Gasteiger partial charge < -0.3 is 5.73 Å². The van der Waals surface area contributed by atoms with E-state index in [0.717, 1.165) is 18.7 Å². The summed E-state index contributed by atoms with van der Waals surface area (Å²) in [5.74, 6) is 0. The molecule has 18 heavy (non-hydrogen) atoms. The summed E-state index contributed by atoms with van der Waals surface area (Å²) in [5, 5.41) is 10.6. The zero-order valence-electron chi connectivity index (χ0n) is 10.4.